The summed E-state index contributed by atoms with van der Waals surface area (Å²) < 4.78 is 2.36. The molecule has 3 aromatic rings. The number of nitrogens with two attached hydrogens (primary N) is 1. The van der Waals surface area contributed by atoms with Crippen LogP contribution in [0.2, 0.25) is 0 Å². The second kappa shape index (κ2) is 6.94. The lowest BCUT2D eigenvalue weighted by atomic mass is 10.1. The monoisotopic (exact) mass is 349 g/mol. The van der Waals surface area contributed by atoms with Gasteiger partial charge in [-0.2, -0.15) is 5.26 Å². The van der Waals surface area contributed by atoms with E-state index in [9.17, 15) is 20.0 Å². The minimum atomic E-state index is -1.05. The lowest BCUT2D eigenvalue weighted by Gasteiger charge is -2.16. The van der Waals surface area contributed by atoms with Crippen LogP contribution < -0.4 is 11.3 Å². The highest BCUT2D eigenvalue weighted by Crippen LogP contribution is 2.17. The average molecular weight is 349 g/mol. The predicted molar refractivity (Wildman–Crippen MR) is 92.5 cm³/mol. The van der Waals surface area contributed by atoms with Crippen LogP contribution in [0.3, 0.4) is 0 Å². The van der Waals surface area contributed by atoms with Crippen molar-refractivity contribution in [1.29, 1.82) is 5.26 Å². The molecule has 1 amide bonds. The molecule has 2 aromatic heterocycles. The fourth-order valence-electron chi connectivity index (χ4n) is 2.73. The van der Waals surface area contributed by atoms with E-state index in [1.807, 2.05) is 36.4 Å². The summed E-state index contributed by atoms with van der Waals surface area (Å²) in [5.41, 5.74) is 5.43. The number of primary amides is 1. The number of benzene rings is 1. The smallest absolute Gasteiger partial charge is 0.286 e. The highest BCUT2D eigenvalue weighted by Gasteiger charge is 2.20. The number of nitrogens with zero attached hydrogens (tertiary/aromatic N) is 4. The molecule has 3 N–H and O–H groups in total. The number of carbonyl (C=O) groups excluding carboxylic acids is 1. The third kappa shape index (κ3) is 3.06. The van der Waals surface area contributed by atoms with E-state index in [0.29, 0.717) is 18.5 Å². The molecule has 0 unspecified atom stereocenters. The van der Waals surface area contributed by atoms with Gasteiger partial charge < -0.3 is 10.8 Å². The third-order valence-corrected chi connectivity index (χ3v) is 3.95. The van der Waals surface area contributed by atoms with Crippen LogP contribution in [-0.2, 0) is 12.8 Å². The van der Waals surface area contributed by atoms with Crippen LogP contribution in [0.15, 0.2) is 53.7 Å². The molecule has 0 aliphatic carbocycles. The molecule has 0 saturated carbocycles. The maximum atomic E-state index is 12.8. The highest BCUT2D eigenvalue weighted by atomic mass is 16.3. The molecule has 0 aliphatic rings. The molecule has 130 valence electrons. The Morgan fingerprint density at radius 1 is 1.27 bits per heavy atom. The van der Waals surface area contributed by atoms with Gasteiger partial charge in [-0.05, 0) is 18.4 Å². The van der Waals surface area contributed by atoms with E-state index < -0.39 is 22.8 Å². The topological polar surface area (TPSA) is 127 Å². The number of nitriles is 1. The number of hydrogen-bond acceptors (Lipinski definition) is 5. The van der Waals surface area contributed by atoms with Crippen LogP contribution in [0.25, 0.3) is 0 Å². The van der Waals surface area contributed by atoms with E-state index in [2.05, 4.69) is 4.98 Å². The van der Waals surface area contributed by atoms with E-state index in [1.54, 1.807) is 0 Å². The number of aryl methyl sites for hydroxylation is 2. The number of rotatable bonds is 5. The van der Waals surface area contributed by atoms with Crippen molar-refractivity contribution in [1.82, 2.24) is 14.3 Å². The lowest BCUT2D eigenvalue weighted by molar-refractivity contribution is 0.0995. The van der Waals surface area contributed by atoms with E-state index in [1.165, 1.54) is 23.3 Å². The Bertz CT molecular complexity index is 1060. The quantitative estimate of drug-likeness (QED) is 0.705. The van der Waals surface area contributed by atoms with Crippen molar-refractivity contribution in [2.75, 3.05) is 0 Å². The van der Waals surface area contributed by atoms with E-state index in [0.717, 1.165) is 10.2 Å². The Hall–Kier alpha value is -3.86. The zero-order valence-corrected chi connectivity index (χ0v) is 13.7. The van der Waals surface area contributed by atoms with Gasteiger partial charge in [0.15, 0.2) is 5.69 Å². The number of aromatic hydroxyl groups is 1. The number of pyridine rings is 1. The van der Waals surface area contributed by atoms with Crippen molar-refractivity contribution >= 4 is 5.91 Å². The van der Waals surface area contributed by atoms with Crippen molar-refractivity contribution in [2.45, 2.75) is 12.8 Å². The van der Waals surface area contributed by atoms with Crippen LogP contribution in [-0.4, -0.2) is 25.3 Å². The van der Waals surface area contributed by atoms with Crippen molar-refractivity contribution in [3.05, 3.63) is 81.8 Å². The molecular weight excluding hydrogens is 334 g/mol. The first-order chi connectivity index (χ1) is 12.5. The fourth-order valence-corrected chi connectivity index (χ4v) is 2.73. The van der Waals surface area contributed by atoms with E-state index >= 15 is 0 Å². The van der Waals surface area contributed by atoms with Crippen LogP contribution in [0, 0.1) is 11.3 Å². The molecule has 0 bridgehead atoms. The van der Waals surface area contributed by atoms with Crippen molar-refractivity contribution in [3.8, 4) is 11.8 Å². The maximum Gasteiger partial charge on any atom is 0.286 e. The van der Waals surface area contributed by atoms with Crippen LogP contribution >= 0.6 is 0 Å². The Labute approximate surface area is 148 Å². The summed E-state index contributed by atoms with van der Waals surface area (Å²) in [5, 5.41) is 19.3. The van der Waals surface area contributed by atoms with Gasteiger partial charge in [-0.25, -0.2) is 14.3 Å². The van der Waals surface area contributed by atoms with Gasteiger partial charge in [0.05, 0.1) is 6.20 Å². The normalized spacial score (nSPS) is 10.4. The van der Waals surface area contributed by atoms with Crippen LogP contribution in [0.5, 0.6) is 5.75 Å². The molecule has 2 heterocycles. The minimum Gasteiger partial charge on any atom is -0.507 e. The second-order valence-corrected chi connectivity index (χ2v) is 5.60. The highest BCUT2D eigenvalue weighted by molar-refractivity contribution is 5.95. The van der Waals surface area contributed by atoms with Crippen LogP contribution in [0.1, 0.15) is 27.3 Å². The molecule has 8 heteroatoms. The van der Waals surface area contributed by atoms with Crippen molar-refractivity contribution < 1.29 is 9.90 Å². The summed E-state index contributed by atoms with van der Waals surface area (Å²) in [6.07, 6.45) is 3.55. The molecule has 0 spiro atoms. The molecule has 0 atom stereocenters. The molecule has 3 rings (SSSR count). The Balaban J connectivity index is 2.15. The first-order valence-corrected chi connectivity index (χ1v) is 7.77. The van der Waals surface area contributed by atoms with Crippen molar-refractivity contribution in [2.24, 2.45) is 5.73 Å². The number of carbonyl (C=O) groups is 1. The van der Waals surface area contributed by atoms with E-state index in [4.69, 9.17) is 5.73 Å². The zero-order valence-electron chi connectivity index (χ0n) is 13.7. The van der Waals surface area contributed by atoms with E-state index in [-0.39, 0.29) is 5.69 Å². The summed E-state index contributed by atoms with van der Waals surface area (Å²) in [4.78, 5) is 28.2. The number of amides is 1. The van der Waals surface area contributed by atoms with Gasteiger partial charge >= 0.3 is 0 Å². The van der Waals surface area contributed by atoms with Gasteiger partial charge in [-0.1, -0.05) is 30.3 Å². The second-order valence-electron chi connectivity index (χ2n) is 5.60. The largest absolute Gasteiger partial charge is 0.507 e. The summed E-state index contributed by atoms with van der Waals surface area (Å²) >= 11 is 0. The lowest BCUT2D eigenvalue weighted by Crippen LogP contribution is -2.35. The molecule has 8 nitrogen and oxygen atoms in total. The number of imidazole rings is 1. The summed E-state index contributed by atoms with van der Waals surface area (Å²) in [5.74, 6) is -1.53. The third-order valence-electron chi connectivity index (χ3n) is 3.95. The standard InChI is InChI=1S/C18H15N5O3/c19-9-14-10-21-11-22(14)23-13(7-6-12-4-2-1-3-5-12)8-15(24)16(17(20)25)18(23)26/h1-5,8,10-11,24H,6-7H2,(H2,20,25). The molecule has 0 aliphatic heterocycles. The molecule has 0 saturated heterocycles. The first kappa shape index (κ1) is 17.0. The van der Waals surface area contributed by atoms with Gasteiger partial charge in [0, 0.05) is 11.8 Å². The Morgan fingerprint density at radius 2 is 2.00 bits per heavy atom. The average Bonchev–Trinajstić information content (AvgIpc) is 3.08. The number of aromatic nitrogens is 3. The summed E-state index contributed by atoms with van der Waals surface area (Å²) in [6.45, 7) is 0. The Kier molecular flexibility index (Phi) is 4.53. The Morgan fingerprint density at radius 3 is 2.65 bits per heavy atom. The van der Waals surface area contributed by atoms with Gasteiger partial charge in [0.25, 0.3) is 11.5 Å². The zero-order chi connectivity index (χ0) is 18.7. The van der Waals surface area contributed by atoms with Gasteiger partial charge in [-0.15, -0.1) is 0 Å². The van der Waals surface area contributed by atoms with Gasteiger partial charge in [0.2, 0.25) is 0 Å². The predicted octanol–water partition coefficient (Wildman–Crippen LogP) is 0.818. The van der Waals surface area contributed by atoms with Gasteiger partial charge in [0.1, 0.15) is 23.7 Å². The van der Waals surface area contributed by atoms with Crippen molar-refractivity contribution in [3.63, 3.8) is 0 Å². The maximum absolute atomic E-state index is 12.8. The van der Waals surface area contributed by atoms with Gasteiger partial charge in [-0.3, -0.25) is 9.59 Å². The summed E-state index contributed by atoms with van der Waals surface area (Å²) in [7, 11) is 0. The number of hydrogen-bond donors (Lipinski definition) is 2. The molecule has 1 aromatic carbocycles. The molecule has 0 radical (unpaired) electrons. The molecule has 0 fully saturated rings. The van der Waals surface area contributed by atoms with Crippen LogP contribution in [0.4, 0.5) is 0 Å². The molecule has 26 heavy (non-hydrogen) atoms. The first-order valence-electron chi connectivity index (χ1n) is 7.77. The minimum absolute atomic E-state index is 0.106. The SMILES string of the molecule is N#Cc1cncn1-n1c(CCc2ccccc2)cc(O)c(C(N)=O)c1=O. The molecular formula is C18H15N5O3. The fraction of sp³-hybridized carbons (Fsp3) is 0.111. The summed E-state index contributed by atoms with van der Waals surface area (Å²) in [6, 6.07) is 12.8.